The Hall–Kier alpha value is -0.0900. The lowest BCUT2D eigenvalue weighted by Gasteiger charge is -2.15. The molecule has 12 heavy (non-hydrogen) atoms. The highest BCUT2D eigenvalue weighted by molar-refractivity contribution is 7.90. The molecular formula is C8H19NO2S. The van der Waals surface area contributed by atoms with Gasteiger partial charge >= 0.3 is 0 Å². The molecule has 0 radical (unpaired) electrons. The van der Waals surface area contributed by atoms with Gasteiger partial charge in [-0.05, 0) is 26.7 Å². The summed E-state index contributed by atoms with van der Waals surface area (Å²) in [6, 6.07) is 0.0454. The molecule has 0 rings (SSSR count). The summed E-state index contributed by atoms with van der Waals surface area (Å²) in [5, 5.41) is -0.286. The molecule has 0 spiro atoms. The average molecular weight is 193 g/mol. The van der Waals surface area contributed by atoms with E-state index in [-0.39, 0.29) is 11.3 Å². The minimum Gasteiger partial charge on any atom is -0.212 e. The smallest absolute Gasteiger partial charge is 0.212 e. The van der Waals surface area contributed by atoms with Crippen molar-refractivity contribution in [3.8, 4) is 0 Å². The van der Waals surface area contributed by atoms with Crippen molar-refractivity contribution in [2.75, 3.05) is 0 Å². The number of rotatable bonds is 5. The first-order valence-corrected chi connectivity index (χ1v) is 5.99. The van der Waals surface area contributed by atoms with E-state index < -0.39 is 10.0 Å². The van der Waals surface area contributed by atoms with E-state index in [9.17, 15) is 8.42 Å². The molecule has 2 atom stereocenters. The van der Waals surface area contributed by atoms with E-state index >= 15 is 0 Å². The summed E-state index contributed by atoms with van der Waals surface area (Å²) in [6.45, 7) is 7.44. The Bertz CT molecular complexity index is 211. The van der Waals surface area contributed by atoms with Gasteiger partial charge in [-0.1, -0.05) is 13.8 Å². The third-order valence-electron chi connectivity index (χ3n) is 2.08. The van der Waals surface area contributed by atoms with Crippen molar-refractivity contribution in [1.82, 2.24) is 4.72 Å². The third-order valence-corrected chi connectivity index (χ3v) is 4.21. The van der Waals surface area contributed by atoms with Gasteiger partial charge in [-0.15, -0.1) is 0 Å². The van der Waals surface area contributed by atoms with Crippen LogP contribution in [0.15, 0.2) is 0 Å². The Morgan fingerprint density at radius 2 is 1.67 bits per heavy atom. The van der Waals surface area contributed by atoms with E-state index in [4.69, 9.17) is 0 Å². The molecule has 0 saturated heterocycles. The zero-order valence-electron chi connectivity index (χ0n) is 8.29. The Morgan fingerprint density at radius 3 is 2.00 bits per heavy atom. The van der Waals surface area contributed by atoms with Crippen molar-refractivity contribution >= 4 is 10.0 Å². The fourth-order valence-electron chi connectivity index (χ4n) is 0.699. The minimum atomic E-state index is -3.07. The molecule has 0 aromatic carbocycles. The number of sulfonamides is 1. The first-order valence-electron chi connectivity index (χ1n) is 4.45. The van der Waals surface area contributed by atoms with E-state index in [0.29, 0.717) is 6.42 Å². The lowest BCUT2D eigenvalue weighted by Crippen LogP contribution is -2.37. The summed E-state index contributed by atoms with van der Waals surface area (Å²) in [5.41, 5.74) is 0. The average Bonchev–Trinajstić information content (AvgIpc) is 2.02. The number of hydrogen-bond donors (Lipinski definition) is 1. The van der Waals surface area contributed by atoms with Crippen LogP contribution in [0.5, 0.6) is 0 Å². The van der Waals surface area contributed by atoms with Crippen LogP contribution in [-0.2, 0) is 10.0 Å². The van der Waals surface area contributed by atoms with Crippen molar-refractivity contribution in [2.45, 2.75) is 51.8 Å². The third kappa shape index (κ3) is 3.54. The van der Waals surface area contributed by atoms with Gasteiger partial charge in [0.1, 0.15) is 0 Å². The molecule has 0 aromatic rings. The highest BCUT2D eigenvalue weighted by Gasteiger charge is 2.19. The SMILES string of the molecule is CCC(C)NS(=O)(=O)C(C)CC. The molecule has 4 heteroatoms. The quantitative estimate of drug-likeness (QED) is 0.719. The van der Waals surface area contributed by atoms with Crippen molar-refractivity contribution in [2.24, 2.45) is 0 Å². The second-order valence-electron chi connectivity index (χ2n) is 3.19. The molecule has 0 amide bonds. The zero-order chi connectivity index (χ0) is 9.78. The van der Waals surface area contributed by atoms with Crippen LogP contribution in [0.1, 0.15) is 40.5 Å². The van der Waals surface area contributed by atoms with Gasteiger partial charge in [0.15, 0.2) is 0 Å². The first-order chi connectivity index (χ1) is 5.44. The molecule has 0 aliphatic heterocycles. The molecule has 1 N–H and O–H groups in total. The van der Waals surface area contributed by atoms with Gasteiger partial charge in [0, 0.05) is 6.04 Å². The molecule has 3 nitrogen and oxygen atoms in total. The van der Waals surface area contributed by atoms with Crippen LogP contribution in [0.3, 0.4) is 0 Å². The number of hydrogen-bond acceptors (Lipinski definition) is 2. The molecule has 2 unspecified atom stereocenters. The molecule has 0 bridgehead atoms. The first kappa shape index (κ1) is 11.9. The normalized spacial score (nSPS) is 17.3. The second kappa shape index (κ2) is 4.82. The monoisotopic (exact) mass is 193 g/mol. The fourth-order valence-corrected chi connectivity index (χ4v) is 2.10. The lowest BCUT2D eigenvalue weighted by atomic mass is 10.3. The van der Waals surface area contributed by atoms with Gasteiger partial charge in [0.05, 0.1) is 5.25 Å². The van der Waals surface area contributed by atoms with Gasteiger partial charge in [0.2, 0.25) is 10.0 Å². The summed E-state index contributed by atoms with van der Waals surface area (Å²) in [6.07, 6.45) is 1.49. The summed E-state index contributed by atoms with van der Waals surface area (Å²) >= 11 is 0. The molecule has 0 fully saturated rings. The molecule has 74 valence electrons. The highest BCUT2D eigenvalue weighted by atomic mass is 32.2. The second-order valence-corrected chi connectivity index (χ2v) is 5.32. The van der Waals surface area contributed by atoms with E-state index in [1.54, 1.807) is 6.92 Å². The fraction of sp³-hybridized carbons (Fsp3) is 1.00. The van der Waals surface area contributed by atoms with Gasteiger partial charge in [-0.25, -0.2) is 13.1 Å². The topological polar surface area (TPSA) is 46.2 Å². The predicted molar refractivity (Wildman–Crippen MR) is 51.6 cm³/mol. The largest absolute Gasteiger partial charge is 0.214 e. The molecule has 0 aliphatic rings. The Labute approximate surface area is 75.6 Å². The van der Waals surface area contributed by atoms with Gasteiger partial charge < -0.3 is 0 Å². The van der Waals surface area contributed by atoms with Crippen molar-refractivity contribution in [3.05, 3.63) is 0 Å². The zero-order valence-corrected chi connectivity index (χ0v) is 9.11. The highest BCUT2D eigenvalue weighted by Crippen LogP contribution is 2.04. The van der Waals surface area contributed by atoms with Gasteiger partial charge in [-0.2, -0.15) is 0 Å². The van der Waals surface area contributed by atoms with Crippen LogP contribution in [0, 0.1) is 0 Å². The van der Waals surface area contributed by atoms with Crippen molar-refractivity contribution in [3.63, 3.8) is 0 Å². The van der Waals surface area contributed by atoms with Crippen LogP contribution in [0.4, 0.5) is 0 Å². The van der Waals surface area contributed by atoms with E-state index in [2.05, 4.69) is 4.72 Å². The van der Waals surface area contributed by atoms with Gasteiger partial charge in [-0.3, -0.25) is 0 Å². The maximum Gasteiger partial charge on any atom is 0.214 e. The molecular weight excluding hydrogens is 174 g/mol. The Morgan fingerprint density at radius 1 is 1.17 bits per heavy atom. The molecule has 0 saturated carbocycles. The standard InChI is InChI=1S/C8H19NO2S/c1-5-7(3)9-12(10,11)8(4)6-2/h7-9H,5-6H2,1-4H3. The Balaban J connectivity index is 4.23. The van der Waals surface area contributed by atoms with Crippen LogP contribution < -0.4 is 4.72 Å². The maximum absolute atomic E-state index is 11.4. The van der Waals surface area contributed by atoms with Crippen LogP contribution in [0.2, 0.25) is 0 Å². The lowest BCUT2D eigenvalue weighted by molar-refractivity contribution is 0.542. The van der Waals surface area contributed by atoms with Crippen molar-refractivity contribution in [1.29, 1.82) is 0 Å². The molecule has 0 aliphatic carbocycles. The van der Waals surface area contributed by atoms with Crippen LogP contribution in [0.25, 0.3) is 0 Å². The molecule has 0 heterocycles. The maximum atomic E-state index is 11.4. The predicted octanol–water partition coefficient (Wildman–Crippen LogP) is 1.50. The Kier molecular flexibility index (Phi) is 4.78. The summed E-state index contributed by atoms with van der Waals surface area (Å²) in [5.74, 6) is 0. The van der Waals surface area contributed by atoms with Gasteiger partial charge in [0.25, 0.3) is 0 Å². The minimum absolute atomic E-state index is 0.0454. The van der Waals surface area contributed by atoms with E-state index in [1.807, 2.05) is 20.8 Å². The molecule has 0 aromatic heterocycles. The number of nitrogens with one attached hydrogen (secondary N) is 1. The van der Waals surface area contributed by atoms with E-state index in [1.165, 1.54) is 0 Å². The summed E-state index contributed by atoms with van der Waals surface area (Å²) in [4.78, 5) is 0. The van der Waals surface area contributed by atoms with E-state index in [0.717, 1.165) is 6.42 Å². The van der Waals surface area contributed by atoms with Crippen LogP contribution >= 0.6 is 0 Å². The summed E-state index contributed by atoms with van der Waals surface area (Å²) in [7, 11) is -3.07. The van der Waals surface area contributed by atoms with Crippen LogP contribution in [-0.4, -0.2) is 19.7 Å². The van der Waals surface area contributed by atoms with Crippen molar-refractivity contribution < 1.29 is 8.42 Å². The summed E-state index contributed by atoms with van der Waals surface area (Å²) < 4.78 is 25.5.